The van der Waals surface area contributed by atoms with Crippen LogP contribution in [-0.4, -0.2) is 14.5 Å². The van der Waals surface area contributed by atoms with Gasteiger partial charge in [-0.15, -0.1) is 0 Å². The molecule has 8 aromatic rings. The van der Waals surface area contributed by atoms with Gasteiger partial charge in [-0.1, -0.05) is 103 Å². The molecular weight excluding hydrogens is 510 g/mol. The third-order valence-corrected chi connectivity index (χ3v) is 8.26. The Morgan fingerprint density at radius 1 is 0.476 bits per heavy atom. The topological polar surface area (TPSA) is 30.7 Å². The van der Waals surface area contributed by atoms with E-state index in [9.17, 15) is 0 Å². The minimum Gasteiger partial charge on any atom is -0.296 e. The van der Waals surface area contributed by atoms with Crippen LogP contribution in [0.2, 0.25) is 0 Å². The molecule has 0 aliphatic rings. The number of fused-ring (bicyclic) bond motifs is 3. The molecule has 0 radical (unpaired) electrons. The van der Waals surface area contributed by atoms with Crippen LogP contribution in [0.25, 0.3) is 71.6 Å². The lowest BCUT2D eigenvalue weighted by atomic mass is 9.85. The number of pyridine rings is 1. The van der Waals surface area contributed by atoms with Crippen LogP contribution < -0.4 is 0 Å². The Kier molecular flexibility index (Phi) is 5.68. The van der Waals surface area contributed by atoms with Crippen molar-refractivity contribution in [1.29, 1.82) is 0 Å². The molecule has 198 valence electrons. The SMILES string of the molecule is Cc1nc2ccccc2n1-c1ccccc1-c1c2ccccc2c(-c2ccc(-c3ccncc3)cc2)c2ccccc12. The summed E-state index contributed by atoms with van der Waals surface area (Å²) in [5, 5.41) is 4.95. The van der Waals surface area contributed by atoms with E-state index >= 15 is 0 Å². The summed E-state index contributed by atoms with van der Waals surface area (Å²) in [4.78, 5) is 9.07. The van der Waals surface area contributed by atoms with E-state index in [-0.39, 0.29) is 0 Å². The van der Waals surface area contributed by atoms with Crippen molar-refractivity contribution in [2.45, 2.75) is 6.92 Å². The largest absolute Gasteiger partial charge is 0.296 e. The van der Waals surface area contributed by atoms with E-state index in [0.29, 0.717) is 0 Å². The molecule has 0 aliphatic heterocycles. The Hall–Kier alpha value is -5.54. The molecule has 3 heteroatoms. The Balaban J connectivity index is 1.41. The summed E-state index contributed by atoms with van der Waals surface area (Å²) in [6.45, 7) is 2.09. The molecule has 42 heavy (non-hydrogen) atoms. The van der Waals surface area contributed by atoms with Crippen LogP contribution in [0.15, 0.2) is 146 Å². The van der Waals surface area contributed by atoms with Gasteiger partial charge in [-0.3, -0.25) is 9.55 Å². The summed E-state index contributed by atoms with van der Waals surface area (Å²) in [5.41, 5.74) is 10.5. The highest BCUT2D eigenvalue weighted by atomic mass is 15.1. The average molecular weight is 538 g/mol. The predicted octanol–water partition coefficient (Wildman–Crippen LogP) is 10.0. The maximum atomic E-state index is 4.89. The lowest BCUT2D eigenvalue weighted by Gasteiger charge is -2.20. The second-order valence-corrected chi connectivity index (χ2v) is 10.7. The normalized spacial score (nSPS) is 11.5. The van der Waals surface area contributed by atoms with Gasteiger partial charge in [0.25, 0.3) is 0 Å². The minimum absolute atomic E-state index is 0.975. The quantitative estimate of drug-likeness (QED) is 0.209. The molecular formula is C39H27N3. The summed E-state index contributed by atoms with van der Waals surface area (Å²) >= 11 is 0. The van der Waals surface area contributed by atoms with Crippen molar-refractivity contribution in [2.75, 3.05) is 0 Å². The molecule has 0 bridgehead atoms. The van der Waals surface area contributed by atoms with Gasteiger partial charge >= 0.3 is 0 Å². The number of hydrogen-bond donors (Lipinski definition) is 0. The van der Waals surface area contributed by atoms with E-state index in [4.69, 9.17) is 4.98 Å². The van der Waals surface area contributed by atoms with Crippen molar-refractivity contribution >= 4 is 32.6 Å². The van der Waals surface area contributed by atoms with Crippen molar-refractivity contribution in [2.24, 2.45) is 0 Å². The highest BCUT2D eigenvalue weighted by Crippen LogP contribution is 2.45. The molecule has 0 saturated carbocycles. The highest BCUT2D eigenvalue weighted by Gasteiger charge is 2.20. The molecule has 0 unspecified atom stereocenters. The lowest BCUT2D eigenvalue weighted by molar-refractivity contribution is 1.00. The van der Waals surface area contributed by atoms with Crippen LogP contribution in [0.5, 0.6) is 0 Å². The maximum absolute atomic E-state index is 4.89. The summed E-state index contributed by atoms with van der Waals surface area (Å²) in [6.07, 6.45) is 3.68. The molecule has 0 spiro atoms. The van der Waals surface area contributed by atoms with Crippen molar-refractivity contribution in [1.82, 2.24) is 14.5 Å². The van der Waals surface area contributed by atoms with Crippen LogP contribution >= 0.6 is 0 Å². The van der Waals surface area contributed by atoms with Gasteiger partial charge < -0.3 is 0 Å². The van der Waals surface area contributed by atoms with Gasteiger partial charge in [-0.05, 0) is 86.6 Å². The van der Waals surface area contributed by atoms with Gasteiger partial charge in [0.05, 0.1) is 16.7 Å². The number of aromatic nitrogens is 3. The van der Waals surface area contributed by atoms with E-state index in [1.54, 1.807) is 0 Å². The van der Waals surface area contributed by atoms with E-state index in [0.717, 1.165) is 22.5 Å². The Morgan fingerprint density at radius 3 is 1.69 bits per heavy atom. The zero-order chi connectivity index (χ0) is 28.0. The monoisotopic (exact) mass is 537 g/mol. The van der Waals surface area contributed by atoms with E-state index in [2.05, 4.69) is 144 Å². The third kappa shape index (κ3) is 3.82. The smallest absolute Gasteiger partial charge is 0.111 e. The first kappa shape index (κ1) is 24.3. The number of para-hydroxylation sites is 3. The summed E-state index contributed by atoms with van der Waals surface area (Å²) in [5.74, 6) is 0.975. The molecule has 0 saturated heterocycles. The standard InChI is InChI=1S/C39H27N3/c1-26-41-35-15-7-9-17-37(35)42(26)36-16-8-6-14-34(36)39-32-12-4-2-10-30(32)38(31-11-3-5-13-33(31)39)29-20-18-27(19-21-29)28-22-24-40-25-23-28/h2-25H,1H3. The number of nitrogens with zero attached hydrogens (tertiary/aromatic N) is 3. The van der Waals surface area contributed by atoms with E-state index in [1.165, 1.54) is 54.9 Å². The highest BCUT2D eigenvalue weighted by molar-refractivity contribution is 6.22. The van der Waals surface area contributed by atoms with Crippen LogP contribution in [0.4, 0.5) is 0 Å². The van der Waals surface area contributed by atoms with Crippen LogP contribution in [0, 0.1) is 6.92 Å². The second kappa shape index (κ2) is 9.83. The number of rotatable bonds is 4. The van der Waals surface area contributed by atoms with Crippen molar-refractivity contribution < 1.29 is 0 Å². The van der Waals surface area contributed by atoms with Crippen LogP contribution in [0.3, 0.4) is 0 Å². The fourth-order valence-corrected chi connectivity index (χ4v) is 6.43. The van der Waals surface area contributed by atoms with Gasteiger partial charge in [-0.2, -0.15) is 0 Å². The Labute approximate surface area is 244 Å². The fraction of sp³-hybridized carbons (Fsp3) is 0.0256. The van der Waals surface area contributed by atoms with E-state index in [1.807, 2.05) is 18.5 Å². The van der Waals surface area contributed by atoms with Crippen molar-refractivity contribution in [3.63, 3.8) is 0 Å². The predicted molar refractivity (Wildman–Crippen MR) is 175 cm³/mol. The average Bonchev–Trinajstić information content (AvgIpc) is 3.39. The Morgan fingerprint density at radius 2 is 1.00 bits per heavy atom. The molecule has 2 heterocycles. The summed E-state index contributed by atoms with van der Waals surface area (Å²) in [6, 6.07) is 47.8. The molecule has 2 aromatic heterocycles. The number of benzene rings is 6. The molecule has 0 aliphatic carbocycles. The first-order valence-electron chi connectivity index (χ1n) is 14.3. The molecule has 0 amide bonds. The Bertz CT molecular complexity index is 2190. The molecule has 0 atom stereocenters. The van der Waals surface area contributed by atoms with Crippen molar-refractivity contribution in [3.05, 3.63) is 152 Å². The maximum Gasteiger partial charge on any atom is 0.111 e. The molecule has 3 nitrogen and oxygen atoms in total. The third-order valence-electron chi connectivity index (χ3n) is 8.26. The van der Waals surface area contributed by atoms with Crippen molar-refractivity contribution in [3.8, 4) is 39.1 Å². The molecule has 0 N–H and O–H groups in total. The molecule has 0 fully saturated rings. The zero-order valence-corrected chi connectivity index (χ0v) is 23.2. The first-order chi connectivity index (χ1) is 20.8. The van der Waals surface area contributed by atoms with E-state index < -0.39 is 0 Å². The zero-order valence-electron chi connectivity index (χ0n) is 23.2. The van der Waals surface area contributed by atoms with Gasteiger partial charge in [0.1, 0.15) is 5.82 Å². The number of imidazole rings is 1. The number of aryl methyl sites for hydroxylation is 1. The number of hydrogen-bond acceptors (Lipinski definition) is 2. The van der Waals surface area contributed by atoms with Gasteiger partial charge in [-0.25, -0.2) is 4.98 Å². The van der Waals surface area contributed by atoms with Gasteiger partial charge in [0.2, 0.25) is 0 Å². The summed E-state index contributed by atoms with van der Waals surface area (Å²) in [7, 11) is 0. The minimum atomic E-state index is 0.975. The fourth-order valence-electron chi connectivity index (χ4n) is 6.43. The lowest BCUT2D eigenvalue weighted by Crippen LogP contribution is -2.00. The summed E-state index contributed by atoms with van der Waals surface area (Å²) < 4.78 is 2.29. The van der Waals surface area contributed by atoms with Crippen LogP contribution in [-0.2, 0) is 0 Å². The van der Waals surface area contributed by atoms with Gasteiger partial charge in [0.15, 0.2) is 0 Å². The molecule has 6 aromatic carbocycles. The first-order valence-corrected chi connectivity index (χ1v) is 14.3. The van der Waals surface area contributed by atoms with Gasteiger partial charge in [0, 0.05) is 18.0 Å². The second-order valence-electron chi connectivity index (χ2n) is 10.7. The molecule has 8 rings (SSSR count). The van der Waals surface area contributed by atoms with Crippen LogP contribution in [0.1, 0.15) is 5.82 Å².